The van der Waals surface area contributed by atoms with Crippen LogP contribution in [-0.2, 0) is 13.1 Å². The highest BCUT2D eigenvalue weighted by atomic mass is 19.1. The minimum atomic E-state index is -1.24. The molecule has 2 unspecified atom stereocenters. The van der Waals surface area contributed by atoms with Gasteiger partial charge in [0.1, 0.15) is 29.9 Å². The Morgan fingerprint density at radius 1 is 0.905 bits per heavy atom. The van der Waals surface area contributed by atoms with Crippen LogP contribution in [0.1, 0.15) is 51.9 Å². The van der Waals surface area contributed by atoms with Gasteiger partial charge in [0.2, 0.25) is 0 Å². The molecular formula is C33H33F2N5O2. The van der Waals surface area contributed by atoms with Crippen LogP contribution in [0.25, 0.3) is 0 Å². The maximum absolute atomic E-state index is 15.1. The van der Waals surface area contributed by atoms with E-state index in [0.717, 1.165) is 38.0 Å². The Morgan fingerprint density at radius 3 is 2.31 bits per heavy atom. The predicted molar refractivity (Wildman–Crippen MR) is 154 cm³/mol. The van der Waals surface area contributed by atoms with Crippen molar-refractivity contribution in [3.63, 3.8) is 0 Å². The number of nitriles is 2. The zero-order valence-electron chi connectivity index (χ0n) is 23.3. The molecule has 2 fully saturated rings. The maximum Gasteiger partial charge on any atom is 0.251 e. The molecule has 0 aliphatic carbocycles. The van der Waals surface area contributed by atoms with Crippen molar-refractivity contribution in [2.24, 2.45) is 0 Å². The molecule has 2 heterocycles. The molecule has 0 bridgehead atoms. The minimum Gasteiger partial charge on any atom is -0.487 e. The Morgan fingerprint density at radius 2 is 1.62 bits per heavy atom. The zero-order valence-corrected chi connectivity index (χ0v) is 23.3. The Balaban J connectivity index is 1.08. The second kappa shape index (κ2) is 13.6. The Kier molecular flexibility index (Phi) is 9.43. The molecule has 9 heteroatoms. The lowest BCUT2D eigenvalue weighted by molar-refractivity contribution is 0.0190. The highest BCUT2D eigenvalue weighted by Gasteiger charge is 2.31. The summed E-state index contributed by atoms with van der Waals surface area (Å²) in [6.07, 6.45) is 0.258. The van der Waals surface area contributed by atoms with Crippen LogP contribution in [0.3, 0.4) is 0 Å². The highest BCUT2D eigenvalue weighted by molar-refractivity contribution is 5.94. The Hall–Kier alpha value is -4.31. The molecule has 0 radical (unpaired) electrons. The van der Waals surface area contributed by atoms with Gasteiger partial charge in [0.15, 0.2) is 0 Å². The second-order valence-corrected chi connectivity index (χ2v) is 11.0. The SMILES string of the molecule is N#Cc1ccc(CN2CCC(NC(=O)c3cccc(OC4CCN(Cc5ccc(C#N)c(F)c5)CC4F)c3)CC2)cc1. The number of nitrogens with one attached hydrogen (secondary N) is 1. The van der Waals surface area contributed by atoms with Gasteiger partial charge < -0.3 is 10.1 Å². The fourth-order valence-electron chi connectivity index (χ4n) is 5.56. The molecule has 0 spiro atoms. The van der Waals surface area contributed by atoms with Gasteiger partial charge in [-0.15, -0.1) is 0 Å². The summed E-state index contributed by atoms with van der Waals surface area (Å²) in [5.74, 6) is -0.290. The predicted octanol–water partition coefficient (Wildman–Crippen LogP) is 4.95. The van der Waals surface area contributed by atoms with Gasteiger partial charge >= 0.3 is 0 Å². The lowest BCUT2D eigenvalue weighted by atomic mass is 10.0. The molecule has 2 aliphatic rings. The first-order valence-corrected chi connectivity index (χ1v) is 14.2. The monoisotopic (exact) mass is 569 g/mol. The number of piperidine rings is 2. The molecule has 5 rings (SSSR count). The molecule has 1 amide bonds. The molecule has 3 aromatic carbocycles. The number of rotatable bonds is 8. The standard InChI is InChI=1S/C33H33F2N5O2/c34-30-16-25(8-9-27(30)19-37)21-40-15-12-32(31(35)22-40)42-29-3-1-2-26(17-29)33(41)38-28-10-13-39(14-11-28)20-24-6-4-23(18-36)5-7-24/h1-9,16-17,28,31-32H,10-15,20-22H2,(H,38,41). The summed E-state index contributed by atoms with van der Waals surface area (Å²) >= 11 is 0. The van der Waals surface area contributed by atoms with Crippen LogP contribution in [0, 0.1) is 28.5 Å². The number of alkyl halides is 1. The number of hydrogen-bond acceptors (Lipinski definition) is 6. The number of benzene rings is 3. The van der Waals surface area contributed by atoms with Crippen molar-refractivity contribution in [1.29, 1.82) is 10.5 Å². The topological polar surface area (TPSA) is 92.4 Å². The average Bonchev–Trinajstić information content (AvgIpc) is 3.00. The van der Waals surface area contributed by atoms with E-state index < -0.39 is 18.1 Å². The first-order chi connectivity index (χ1) is 20.4. The smallest absolute Gasteiger partial charge is 0.251 e. The van der Waals surface area contributed by atoms with Crippen LogP contribution in [-0.4, -0.2) is 60.2 Å². The van der Waals surface area contributed by atoms with Crippen LogP contribution in [0.2, 0.25) is 0 Å². The normalized spacial score (nSPS) is 19.9. The first kappa shape index (κ1) is 29.2. The van der Waals surface area contributed by atoms with E-state index in [9.17, 15) is 9.18 Å². The highest BCUT2D eigenvalue weighted by Crippen LogP contribution is 2.24. The molecule has 7 nitrogen and oxygen atoms in total. The molecule has 0 aromatic heterocycles. The molecule has 0 saturated carbocycles. The summed E-state index contributed by atoms with van der Waals surface area (Å²) in [6, 6.07) is 23.0. The van der Waals surface area contributed by atoms with E-state index in [0.29, 0.717) is 42.0 Å². The summed E-state index contributed by atoms with van der Waals surface area (Å²) in [5.41, 5.74) is 2.97. The van der Waals surface area contributed by atoms with E-state index in [4.69, 9.17) is 15.3 Å². The number of likely N-dealkylation sites (tertiary alicyclic amines) is 2. The van der Waals surface area contributed by atoms with Gasteiger partial charge in [-0.25, -0.2) is 8.78 Å². The molecule has 216 valence electrons. The van der Waals surface area contributed by atoms with Gasteiger partial charge in [-0.3, -0.25) is 14.6 Å². The third-order valence-corrected chi connectivity index (χ3v) is 7.92. The fourth-order valence-corrected chi connectivity index (χ4v) is 5.56. The third-order valence-electron chi connectivity index (χ3n) is 7.92. The molecule has 2 saturated heterocycles. The van der Waals surface area contributed by atoms with E-state index in [1.54, 1.807) is 36.4 Å². The van der Waals surface area contributed by atoms with Crippen molar-refractivity contribution < 1.29 is 18.3 Å². The third kappa shape index (κ3) is 7.50. The van der Waals surface area contributed by atoms with Crippen molar-refractivity contribution in [3.05, 3.63) is 100 Å². The molecule has 3 aromatic rings. The van der Waals surface area contributed by atoms with Crippen LogP contribution in [0.4, 0.5) is 8.78 Å². The lowest BCUT2D eigenvalue weighted by Gasteiger charge is -2.34. The van der Waals surface area contributed by atoms with Gasteiger partial charge in [-0.2, -0.15) is 10.5 Å². The Labute approximate surface area is 244 Å². The first-order valence-electron chi connectivity index (χ1n) is 14.2. The van der Waals surface area contributed by atoms with Gasteiger partial charge in [0.25, 0.3) is 5.91 Å². The molecule has 2 aliphatic heterocycles. The molecule has 2 atom stereocenters. The molecule has 1 N–H and O–H groups in total. The second-order valence-electron chi connectivity index (χ2n) is 11.0. The van der Waals surface area contributed by atoms with Crippen molar-refractivity contribution in [3.8, 4) is 17.9 Å². The van der Waals surface area contributed by atoms with Crippen molar-refractivity contribution >= 4 is 5.91 Å². The summed E-state index contributed by atoms with van der Waals surface area (Å²) < 4.78 is 35.0. The van der Waals surface area contributed by atoms with Gasteiger partial charge in [-0.1, -0.05) is 24.3 Å². The van der Waals surface area contributed by atoms with Crippen molar-refractivity contribution in [2.75, 3.05) is 26.2 Å². The van der Waals surface area contributed by atoms with Crippen molar-refractivity contribution in [1.82, 2.24) is 15.1 Å². The Bertz CT molecular complexity index is 1470. The number of halogens is 2. The summed E-state index contributed by atoms with van der Waals surface area (Å²) in [5, 5.41) is 21.0. The summed E-state index contributed by atoms with van der Waals surface area (Å²) in [4.78, 5) is 17.3. The minimum absolute atomic E-state index is 0.00776. The van der Waals surface area contributed by atoms with E-state index in [-0.39, 0.29) is 24.1 Å². The van der Waals surface area contributed by atoms with E-state index in [2.05, 4.69) is 16.3 Å². The summed E-state index contributed by atoms with van der Waals surface area (Å²) in [6.45, 7) is 3.66. The fraction of sp³-hybridized carbons (Fsp3) is 0.364. The van der Waals surface area contributed by atoms with Crippen LogP contribution in [0.5, 0.6) is 5.75 Å². The summed E-state index contributed by atoms with van der Waals surface area (Å²) in [7, 11) is 0. The zero-order chi connectivity index (χ0) is 29.5. The lowest BCUT2D eigenvalue weighted by Crippen LogP contribution is -2.46. The van der Waals surface area contributed by atoms with Gasteiger partial charge in [0.05, 0.1) is 17.2 Å². The average molecular weight is 570 g/mol. The largest absolute Gasteiger partial charge is 0.487 e. The van der Waals surface area contributed by atoms with Gasteiger partial charge in [0, 0.05) is 50.9 Å². The number of hydrogen-bond donors (Lipinski definition) is 1. The number of amides is 1. The van der Waals surface area contributed by atoms with E-state index in [1.807, 2.05) is 29.2 Å². The molecular weight excluding hydrogens is 536 g/mol. The number of ether oxygens (including phenoxy) is 1. The number of nitrogens with zero attached hydrogens (tertiary/aromatic N) is 4. The van der Waals surface area contributed by atoms with E-state index in [1.165, 1.54) is 12.1 Å². The number of carbonyl (C=O) groups excluding carboxylic acids is 1. The quantitative estimate of drug-likeness (QED) is 0.413. The van der Waals surface area contributed by atoms with Crippen LogP contribution in [0.15, 0.2) is 66.7 Å². The van der Waals surface area contributed by atoms with Crippen LogP contribution < -0.4 is 10.1 Å². The number of carbonyl (C=O) groups is 1. The van der Waals surface area contributed by atoms with Crippen LogP contribution >= 0.6 is 0 Å². The van der Waals surface area contributed by atoms with E-state index >= 15 is 4.39 Å². The maximum atomic E-state index is 15.1. The molecule has 42 heavy (non-hydrogen) atoms. The van der Waals surface area contributed by atoms with Gasteiger partial charge in [-0.05, 0) is 72.9 Å². The van der Waals surface area contributed by atoms with Crippen molar-refractivity contribution in [2.45, 2.75) is 50.7 Å².